The van der Waals surface area contributed by atoms with Crippen molar-refractivity contribution in [3.8, 4) is 6.07 Å². The summed E-state index contributed by atoms with van der Waals surface area (Å²) in [4.78, 5) is 0. The summed E-state index contributed by atoms with van der Waals surface area (Å²) in [6.45, 7) is 0. The topological polar surface area (TPSA) is 23.8 Å². The Morgan fingerprint density at radius 3 is 2.77 bits per heavy atom. The van der Waals surface area contributed by atoms with Crippen LogP contribution in [-0.2, 0) is 0 Å². The number of nitriles is 1. The fourth-order valence-electron chi connectivity index (χ4n) is 1.16. The summed E-state index contributed by atoms with van der Waals surface area (Å²) in [7, 11) is 0. The maximum atomic E-state index is 13.1. The Bertz CT molecular complexity index is 510. The van der Waals surface area contributed by atoms with Gasteiger partial charge in [-0.05, 0) is 18.2 Å². The summed E-state index contributed by atoms with van der Waals surface area (Å²) in [6.07, 6.45) is 0. The predicted molar refractivity (Wildman–Crippen MR) is 46.5 cm³/mol. The second-order valence-corrected chi connectivity index (χ2v) is 3.50. The number of hydrogen-bond acceptors (Lipinski definition) is 2. The quantitative estimate of drug-likeness (QED) is 0.633. The van der Waals surface area contributed by atoms with Crippen LogP contribution in [0.5, 0.6) is 0 Å². The van der Waals surface area contributed by atoms with Crippen LogP contribution in [0, 0.1) is 22.3 Å². The van der Waals surface area contributed by atoms with E-state index in [0.29, 0.717) is 22.3 Å². The molecule has 4 heteroatoms. The first kappa shape index (κ1) is 8.14. The van der Waals surface area contributed by atoms with E-state index in [2.05, 4.69) is 0 Å². The summed E-state index contributed by atoms with van der Waals surface area (Å²) in [5.41, 5.74) is 0.302. The molecule has 64 valence electrons. The predicted octanol–water partition coefficient (Wildman–Crippen LogP) is 3.05. The molecule has 0 aliphatic rings. The third-order valence-corrected chi connectivity index (χ3v) is 2.66. The molecule has 0 N–H and O–H groups in total. The molecule has 0 amide bonds. The number of fused-ring (bicyclic) bond motifs is 1. The first-order valence-electron chi connectivity index (χ1n) is 3.50. The molecule has 0 saturated heterocycles. The van der Waals surface area contributed by atoms with Gasteiger partial charge < -0.3 is 0 Å². The molecule has 13 heavy (non-hydrogen) atoms. The Labute approximate surface area is 76.8 Å². The average molecular weight is 195 g/mol. The number of rotatable bonds is 0. The van der Waals surface area contributed by atoms with Crippen molar-refractivity contribution in [1.82, 2.24) is 0 Å². The van der Waals surface area contributed by atoms with Crippen LogP contribution in [0.3, 0.4) is 0 Å². The van der Waals surface area contributed by atoms with Crippen molar-refractivity contribution in [1.29, 1.82) is 5.26 Å². The van der Waals surface area contributed by atoms with Gasteiger partial charge in [0, 0.05) is 5.39 Å². The van der Waals surface area contributed by atoms with Crippen LogP contribution < -0.4 is 0 Å². The molecule has 0 atom stereocenters. The van der Waals surface area contributed by atoms with Crippen molar-refractivity contribution in [2.45, 2.75) is 0 Å². The molecule has 1 nitrogen and oxygen atoms in total. The maximum absolute atomic E-state index is 13.1. The molecule has 0 spiro atoms. The Morgan fingerprint density at radius 1 is 1.31 bits per heavy atom. The van der Waals surface area contributed by atoms with Crippen molar-refractivity contribution in [3.05, 3.63) is 34.7 Å². The van der Waals surface area contributed by atoms with E-state index < -0.39 is 10.9 Å². The molecule has 0 bridgehead atoms. The van der Waals surface area contributed by atoms with Crippen molar-refractivity contribution >= 4 is 21.4 Å². The zero-order valence-electron chi connectivity index (χ0n) is 6.34. The fourth-order valence-corrected chi connectivity index (χ4v) is 1.97. The average Bonchev–Trinajstić information content (AvgIpc) is 2.48. The van der Waals surface area contributed by atoms with Crippen LogP contribution in [0.4, 0.5) is 8.78 Å². The fraction of sp³-hybridized carbons (Fsp3) is 0. The Kier molecular flexibility index (Phi) is 1.74. The van der Waals surface area contributed by atoms with Crippen molar-refractivity contribution in [2.75, 3.05) is 0 Å². The van der Waals surface area contributed by atoms with Gasteiger partial charge in [0.15, 0.2) is 5.13 Å². The standard InChI is InChI=1S/C9H3F2NS/c10-7-2-1-5(4-12)6-3-8(11)13-9(6)7/h1-3H. The van der Waals surface area contributed by atoms with E-state index in [1.165, 1.54) is 18.2 Å². The van der Waals surface area contributed by atoms with Gasteiger partial charge in [-0.2, -0.15) is 9.65 Å². The summed E-state index contributed by atoms with van der Waals surface area (Å²) < 4.78 is 26.0. The number of thiophene rings is 1. The lowest BCUT2D eigenvalue weighted by Gasteiger charge is -1.92. The van der Waals surface area contributed by atoms with Crippen LogP contribution in [0.2, 0.25) is 0 Å². The smallest absolute Gasteiger partial charge is 0.177 e. The minimum Gasteiger partial charge on any atom is -0.205 e. The van der Waals surface area contributed by atoms with Crippen LogP contribution in [0.15, 0.2) is 18.2 Å². The number of nitrogens with zero attached hydrogens (tertiary/aromatic N) is 1. The zero-order chi connectivity index (χ0) is 9.42. The molecule has 0 saturated carbocycles. The molecule has 2 rings (SSSR count). The van der Waals surface area contributed by atoms with E-state index in [0.717, 1.165) is 0 Å². The molecule has 2 aromatic rings. The highest BCUT2D eigenvalue weighted by molar-refractivity contribution is 7.17. The highest BCUT2D eigenvalue weighted by Crippen LogP contribution is 2.29. The molecule has 0 aliphatic heterocycles. The van der Waals surface area contributed by atoms with Crippen LogP contribution in [0.25, 0.3) is 10.1 Å². The van der Waals surface area contributed by atoms with Crippen LogP contribution in [0.1, 0.15) is 5.56 Å². The molecule has 1 aromatic carbocycles. The lowest BCUT2D eigenvalue weighted by atomic mass is 10.1. The maximum Gasteiger partial charge on any atom is 0.177 e. The molecule has 1 aromatic heterocycles. The van der Waals surface area contributed by atoms with E-state index in [1.54, 1.807) is 0 Å². The minimum atomic E-state index is -0.483. The summed E-state index contributed by atoms with van der Waals surface area (Å²) in [5.74, 6) is -0.483. The number of benzene rings is 1. The normalized spacial score (nSPS) is 10.2. The minimum absolute atomic E-state index is 0.205. The SMILES string of the molecule is N#Cc1ccc(F)c2sc(F)cc12. The van der Waals surface area contributed by atoms with Gasteiger partial charge in [0.2, 0.25) is 0 Å². The van der Waals surface area contributed by atoms with Crippen molar-refractivity contribution in [3.63, 3.8) is 0 Å². The summed E-state index contributed by atoms with van der Waals surface area (Å²) >= 11 is 0.716. The van der Waals surface area contributed by atoms with Gasteiger partial charge in [-0.15, -0.1) is 11.3 Å². The number of halogens is 2. The van der Waals surface area contributed by atoms with Gasteiger partial charge in [-0.1, -0.05) is 0 Å². The first-order chi connectivity index (χ1) is 6.22. The van der Waals surface area contributed by atoms with Gasteiger partial charge >= 0.3 is 0 Å². The Morgan fingerprint density at radius 2 is 2.08 bits per heavy atom. The second-order valence-electron chi connectivity index (χ2n) is 2.50. The molecule has 0 radical (unpaired) electrons. The van der Waals surface area contributed by atoms with Gasteiger partial charge in [0.1, 0.15) is 5.82 Å². The monoisotopic (exact) mass is 195 g/mol. The second kappa shape index (κ2) is 2.79. The van der Waals surface area contributed by atoms with Crippen molar-refractivity contribution in [2.24, 2.45) is 0 Å². The largest absolute Gasteiger partial charge is 0.205 e. The Hall–Kier alpha value is -1.47. The van der Waals surface area contributed by atoms with E-state index in [-0.39, 0.29) is 4.70 Å². The van der Waals surface area contributed by atoms with E-state index in [1.807, 2.05) is 6.07 Å². The first-order valence-corrected chi connectivity index (χ1v) is 4.31. The van der Waals surface area contributed by atoms with Crippen molar-refractivity contribution < 1.29 is 8.78 Å². The molecule has 0 unspecified atom stereocenters. The Balaban J connectivity index is 2.94. The van der Waals surface area contributed by atoms with Gasteiger partial charge in [0.25, 0.3) is 0 Å². The molecule has 0 aliphatic carbocycles. The third kappa shape index (κ3) is 1.18. The highest BCUT2D eigenvalue weighted by atomic mass is 32.1. The molecule has 1 heterocycles. The van der Waals surface area contributed by atoms with Gasteiger partial charge in [0.05, 0.1) is 16.3 Å². The van der Waals surface area contributed by atoms with E-state index in [9.17, 15) is 8.78 Å². The third-order valence-electron chi connectivity index (χ3n) is 1.73. The van der Waals surface area contributed by atoms with E-state index >= 15 is 0 Å². The van der Waals surface area contributed by atoms with E-state index in [4.69, 9.17) is 5.26 Å². The molecule has 0 fully saturated rings. The molecular weight excluding hydrogens is 192 g/mol. The molecular formula is C9H3F2NS. The number of hydrogen-bond donors (Lipinski definition) is 0. The van der Waals surface area contributed by atoms with Crippen LogP contribution in [-0.4, -0.2) is 0 Å². The highest BCUT2D eigenvalue weighted by Gasteiger charge is 2.09. The van der Waals surface area contributed by atoms with Crippen LogP contribution >= 0.6 is 11.3 Å². The lowest BCUT2D eigenvalue weighted by Crippen LogP contribution is -1.78. The lowest BCUT2D eigenvalue weighted by molar-refractivity contribution is 0.641. The summed E-state index contributed by atoms with van der Waals surface area (Å²) in [5, 5.41) is 8.52. The van der Waals surface area contributed by atoms with Gasteiger partial charge in [-0.3, -0.25) is 0 Å². The summed E-state index contributed by atoms with van der Waals surface area (Å²) in [6, 6.07) is 5.59. The zero-order valence-corrected chi connectivity index (χ0v) is 7.16. The van der Waals surface area contributed by atoms with Gasteiger partial charge in [-0.25, -0.2) is 4.39 Å².